The second kappa shape index (κ2) is 14.8. The Labute approximate surface area is 326 Å². The van der Waals surface area contributed by atoms with E-state index in [9.17, 15) is 32.7 Å². The second-order valence-electron chi connectivity index (χ2n) is 15.1. The Morgan fingerprint density at radius 2 is 1.95 bits per heavy atom. The zero-order valence-electron chi connectivity index (χ0n) is 31.2. The number of phenols is 1. The number of hydrogen-bond donors (Lipinski definition) is 5. The van der Waals surface area contributed by atoms with E-state index >= 15 is 0 Å². The zero-order chi connectivity index (χ0) is 40.2. The largest absolute Gasteiger partial charge is 0.504 e. The summed E-state index contributed by atoms with van der Waals surface area (Å²) in [4.78, 5) is 54.1. The molecule has 2 aromatic carbocycles. The molecule has 18 heteroatoms. The van der Waals surface area contributed by atoms with E-state index < -0.39 is 41.6 Å². The van der Waals surface area contributed by atoms with Crippen molar-refractivity contribution in [1.82, 2.24) is 35.3 Å². The monoisotopic (exact) mass is 788 g/mol. The summed E-state index contributed by atoms with van der Waals surface area (Å²) in [6.07, 6.45) is -0.196. The molecule has 15 nitrogen and oxygen atoms in total. The number of aromatic hydroxyl groups is 1. The molecule has 3 unspecified atom stereocenters. The molecule has 1 aromatic heterocycles. The Morgan fingerprint density at radius 3 is 2.68 bits per heavy atom. The normalized spacial score (nSPS) is 24.2. The zero-order valence-corrected chi connectivity index (χ0v) is 31.2. The Balaban J connectivity index is 0.886. The smallest absolute Gasteiger partial charge is 0.263 e. The maximum atomic E-state index is 14.9. The number of anilines is 1. The molecule has 0 aliphatic carbocycles. The van der Waals surface area contributed by atoms with Crippen molar-refractivity contribution in [1.29, 1.82) is 0 Å². The lowest BCUT2D eigenvalue weighted by molar-refractivity contribution is -0.136. The van der Waals surface area contributed by atoms with Crippen LogP contribution >= 0.6 is 0 Å². The number of aryl methyl sites for hydroxylation is 1. The number of nitrogens with two attached hydrogens (primary N) is 2. The van der Waals surface area contributed by atoms with E-state index in [4.69, 9.17) is 16.2 Å². The van der Waals surface area contributed by atoms with E-state index in [0.29, 0.717) is 43.9 Å². The van der Waals surface area contributed by atoms with Gasteiger partial charge in [0.2, 0.25) is 17.7 Å². The number of fused-ring (bicyclic) bond motifs is 2. The van der Waals surface area contributed by atoms with Crippen LogP contribution < -0.4 is 31.7 Å². The van der Waals surface area contributed by atoms with Crippen LogP contribution in [0.5, 0.6) is 11.6 Å². The van der Waals surface area contributed by atoms with E-state index in [1.54, 1.807) is 4.90 Å². The van der Waals surface area contributed by atoms with Crippen molar-refractivity contribution in [3.05, 3.63) is 94.1 Å². The SMILES string of the molecule is Cc1nc(OC2CN3C(/C=C(\N)c4cccc(F)c4O)=C(N)NCC3(C(F)F)C2)cnc1CN1CCN(c2ccc3c(c2)C(=O)N(C2CCC(=O)NC2=O)C3)CC1. The molecule has 300 valence electrons. The van der Waals surface area contributed by atoms with E-state index in [-0.39, 0.29) is 66.4 Å². The molecule has 5 aliphatic rings. The van der Waals surface area contributed by atoms with Crippen LogP contribution in [-0.2, 0) is 22.7 Å². The summed E-state index contributed by atoms with van der Waals surface area (Å²) in [5, 5.41) is 15.4. The number of benzene rings is 2. The molecule has 8 rings (SSSR count). The van der Waals surface area contributed by atoms with Crippen LogP contribution in [0.2, 0.25) is 0 Å². The highest BCUT2D eigenvalue weighted by molar-refractivity contribution is 6.05. The van der Waals surface area contributed by atoms with Crippen molar-refractivity contribution in [3.8, 4) is 11.6 Å². The molecule has 6 heterocycles. The van der Waals surface area contributed by atoms with Gasteiger partial charge in [-0.15, -0.1) is 0 Å². The molecule has 3 fully saturated rings. The summed E-state index contributed by atoms with van der Waals surface area (Å²) in [5.41, 5.74) is 14.7. The highest BCUT2D eigenvalue weighted by Crippen LogP contribution is 2.42. The van der Waals surface area contributed by atoms with Crippen molar-refractivity contribution >= 4 is 29.1 Å². The first-order chi connectivity index (χ1) is 27.3. The van der Waals surface area contributed by atoms with Gasteiger partial charge in [0.05, 0.1) is 29.8 Å². The highest BCUT2D eigenvalue weighted by Gasteiger charge is 2.56. The number of alkyl halides is 2. The Hall–Kier alpha value is -6.04. The second-order valence-corrected chi connectivity index (χ2v) is 15.1. The van der Waals surface area contributed by atoms with Gasteiger partial charge >= 0.3 is 0 Å². The number of rotatable bonds is 9. The fourth-order valence-corrected chi connectivity index (χ4v) is 8.42. The van der Waals surface area contributed by atoms with Gasteiger partial charge in [-0.05, 0) is 49.2 Å². The standard InChI is InChI=1S/C39H43F3N10O5/c1-21-29(19-49-9-11-50(12-10-49)23-6-5-22-17-51(37(56)26(22)13-23)30-7-8-32(53)48-36(30)55)45-16-33(47-21)57-24-15-39(38(41)42)20-46-35(44)31(52(39)18-24)14-28(43)25-3-2-4-27(40)34(25)54/h2-6,13-14,16,24,30,38,46,54H,7-12,15,17-20,43-44H2,1H3,(H,48,53,55)/b28-14-. The molecule has 57 heavy (non-hydrogen) atoms. The number of aromatic nitrogens is 2. The minimum atomic E-state index is -2.80. The molecule has 5 aliphatic heterocycles. The molecule has 3 saturated heterocycles. The molecule has 0 bridgehead atoms. The minimum absolute atomic E-state index is 0.00148. The first-order valence-electron chi connectivity index (χ1n) is 18.8. The van der Waals surface area contributed by atoms with Crippen LogP contribution in [0, 0.1) is 12.7 Å². The minimum Gasteiger partial charge on any atom is -0.504 e. The summed E-state index contributed by atoms with van der Waals surface area (Å²) in [6.45, 7) is 5.45. The van der Waals surface area contributed by atoms with Crippen LogP contribution in [0.25, 0.3) is 5.70 Å². The number of carbonyl (C=O) groups is 3. The number of para-hydroxylation sites is 1. The summed E-state index contributed by atoms with van der Waals surface area (Å²) in [6, 6.07) is 9.04. The Bertz CT molecular complexity index is 2190. The van der Waals surface area contributed by atoms with E-state index in [2.05, 4.69) is 30.4 Å². The lowest BCUT2D eigenvalue weighted by Crippen LogP contribution is -2.59. The third-order valence-corrected chi connectivity index (χ3v) is 11.6. The summed E-state index contributed by atoms with van der Waals surface area (Å²) >= 11 is 0. The number of ether oxygens (including phenoxy) is 1. The molecular weight excluding hydrogens is 745 g/mol. The maximum absolute atomic E-state index is 14.9. The molecule has 3 atom stereocenters. The quantitative estimate of drug-likeness (QED) is 0.198. The van der Waals surface area contributed by atoms with Gasteiger partial charge in [0, 0.05) is 81.2 Å². The van der Waals surface area contributed by atoms with Gasteiger partial charge in [-0.2, -0.15) is 0 Å². The van der Waals surface area contributed by atoms with Gasteiger partial charge in [0.25, 0.3) is 12.3 Å². The predicted octanol–water partition coefficient (Wildman–Crippen LogP) is 1.90. The van der Waals surface area contributed by atoms with Crippen LogP contribution in [-0.4, -0.2) is 111 Å². The van der Waals surface area contributed by atoms with Gasteiger partial charge in [-0.25, -0.2) is 18.2 Å². The van der Waals surface area contributed by atoms with Gasteiger partial charge in [-0.1, -0.05) is 12.1 Å². The number of carbonyl (C=O) groups excluding carboxylic acids is 3. The number of halogens is 3. The molecule has 0 radical (unpaired) electrons. The number of phenolic OH excluding ortho intramolecular Hbond substituents is 1. The number of piperidine rings is 1. The van der Waals surface area contributed by atoms with Crippen molar-refractivity contribution in [3.63, 3.8) is 0 Å². The third-order valence-electron chi connectivity index (χ3n) is 11.6. The molecule has 0 spiro atoms. The van der Waals surface area contributed by atoms with Gasteiger partial charge in [-0.3, -0.25) is 29.6 Å². The van der Waals surface area contributed by atoms with Crippen molar-refractivity contribution in [2.24, 2.45) is 11.5 Å². The summed E-state index contributed by atoms with van der Waals surface area (Å²) in [7, 11) is 0. The van der Waals surface area contributed by atoms with Crippen molar-refractivity contribution in [2.75, 3.05) is 44.2 Å². The lowest BCUT2D eigenvalue weighted by Gasteiger charge is -2.43. The van der Waals surface area contributed by atoms with Crippen LogP contribution in [0.3, 0.4) is 0 Å². The number of nitrogens with zero attached hydrogens (tertiary/aromatic N) is 6. The van der Waals surface area contributed by atoms with Crippen molar-refractivity contribution in [2.45, 2.75) is 63.4 Å². The van der Waals surface area contributed by atoms with E-state index in [1.807, 2.05) is 25.1 Å². The van der Waals surface area contributed by atoms with Gasteiger partial charge < -0.3 is 41.3 Å². The number of imide groups is 1. The maximum Gasteiger partial charge on any atom is 0.263 e. The van der Waals surface area contributed by atoms with Crippen LogP contribution in [0.15, 0.2) is 60.2 Å². The average molecular weight is 789 g/mol. The molecular formula is C39H43F3N10O5. The molecule has 3 amide bonds. The number of hydrogen-bond acceptors (Lipinski definition) is 13. The Kier molecular flexibility index (Phi) is 9.83. The fourth-order valence-electron chi connectivity index (χ4n) is 8.42. The fraction of sp³-hybridized carbons (Fsp3) is 0.410. The van der Waals surface area contributed by atoms with Crippen LogP contribution in [0.1, 0.15) is 52.1 Å². The molecule has 3 aromatic rings. The lowest BCUT2D eigenvalue weighted by atomic mass is 9.93. The number of amides is 3. The van der Waals surface area contributed by atoms with E-state index in [0.717, 1.165) is 36.1 Å². The highest BCUT2D eigenvalue weighted by atomic mass is 19.3. The van der Waals surface area contributed by atoms with Gasteiger partial charge in [0.1, 0.15) is 23.5 Å². The first-order valence-corrected chi connectivity index (χ1v) is 18.8. The third kappa shape index (κ3) is 7.02. The number of allylic oxidation sites excluding steroid dienone is 1. The molecule has 0 saturated carbocycles. The van der Waals surface area contributed by atoms with Crippen molar-refractivity contribution < 1.29 is 37.4 Å². The summed E-state index contributed by atoms with van der Waals surface area (Å²) in [5.74, 6) is -2.19. The summed E-state index contributed by atoms with van der Waals surface area (Å²) < 4.78 is 50.0. The average Bonchev–Trinajstić information content (AvgIpc) is 3.73. The number of piperazine rings is 1. The Morgan fingerprint density at radius 1 is 1.16 bits per heavy atom. The number of nitrogens with one attached hydrogen (secondary N) is 2. The van der Waals surface area contributed by atoms with E-state index in [1.165, 1.54) is 29.3 Å². The van der Waals surface area contributed by atoms with Gasteiger partial charge in [0.15, 0.2) is 11.6 Å². The first kappa shape index (κ1) is 37.9. The predicted molar refractivity (Wildman–Crippen MR) is 201 cm³/mol. The van der Waals surface area contributed by atoms with Crippen LogP contribution in [0.4, 0.5) is 18.9 Å². The topological polar surface area (TPSA) is 196 Å². The molecule has 7 N–H and O–H groups in total.